The summed E-state index contributed by atoms with van der Waals surface area (Å²) in [7, 11) is 0. The molecule has 0 aliphatic heterocycles. The fourth-order valence-electron chi connectivity index (χ4n) is 9.82. The van der Waals surface area contributed by atoms with Crippen LogP contribution in [0, 0.1) is 44.8 Å². The van der Waals surface area contributed by atoms with E-state index in [0.717, 1.165) is 24.0 Å². The predicted molar refractivity (Wildman–Crippen MR) is 168 cm³/mol. The van der Waals surface area contributed by atoms with E-state index in [1.54, 1.807) is 30.3 Å². The molecule has 5 fully saturated rings. The Bertz CT molecular complexity index is 1470. The summed E-state index contributed by atoms with van der Waals surface area (Å²) in [6.45, 7) is 19.9. The molecule has 5 aliphatic carbocycles. The molecule has 7 atom stereocenters. The van der Waals surface area contributed by atoms with Gasteiger partial charge in [-0.2, -0.15) is 0 Å². The topological polar surface area (TPSA) is 88.5 Å². The summed E-state index contributed by atoms with van der Waals surface area (Å²) < 4.78 is 0. The average Bonchev–Trinajstić information content (AvgIpc) is 2.93. The minimum absolute atomic E-state index is 0.167. The Hall–Kier alpha value is -2.92. The maximum absolute atomic E-state index is 15.3. The lowest BCUT2D eigenvalue weighted by atomic mass is 9.24. The summed E-state index contributed by atoms with van der Waals surface area (Å²) >= 11 is 0. The third-order valence-electron chi connectivity index (χ3n) is 12.2. The Kier molecular flexibility index (Phi) is 7.37. The van der Waals surface area contributed by atoms with Crippen molar-refractivity contribution in [1.29, 1.82) is 0 Å². The van der Waals surface area contributed by atoms with E-state index in [0.29, 0.717) is 5.56 Å². The van der Waals surface area contributed by atoms with E-state index in [-0.39, 0.29) is 36.9 Å². The van der Waals surface area contributed by atoms with Gasteiger partial charge < -0.3 is 5.11 Å². The summed E-state index contributed by atoms with van der Waals surface area (Å²) in [5.74, 6) is -3.39. The van der Waals surface area contributed by atoms with E-state index < -0.39 is 56.4 Å². The van der Waals surface area contributed by atoms with Crippen LogP contribution in [0.5, 0.6) is 0 Å². The summed E-state index contributed by atoms with van der Waals surface area (Å²) in [6, 6.07) is 8.58. The fraction of sp³-hybridized carbons (Fsp3) is 0.579. The predicted octanol–water partition coefficient (Wildman–Crippen LogP) is 7.29. The van der Waals surface area contributed by atoms with Gasteiger partial charge in [0.1, 0.15) is 0 Å². The molecule has 6 rings (SSSR count). The molecule has 1 N–H and O–H groups in total. The Balaban J connectivity index is 1.76. The van der Waals surface area contributed by atoms with Crippen molar-refractivity contribution in [2.45, 2.75) is 93.6 Å². The third kappa shape index (κ3) is 3.85. The Morgan fingerprint density at radius 2 is 1.56 bits per heavy atom. The first-order chi connectivity index (χ1) is 20.0. The molecule has 4 bridgehead atoms. The lowest BCUT2D eigenvalue weighted by Gasteiger charge is -2.74. The SMILES string of the molecule is C=C(C)C1CC23C(=O)C4(CC=C(C)CCC=C(C)C)CC(C2C(O)C1(C)C)C(C)(C)C(C(=O)c1ccccc1)(C4=O)C3=O. The highest BCUT2D eigenvalue weighted by Crippen LogP contribution is 2.78. The van der Waals surface area contributed by atoms with Crippen LogP contribution in [0.2, 0.25) is 0 Å². The van der Waals surface area contributed by atoms with Gasteiger partial charge in [-0.25, -0.2) is 0 Å². The van der Waals surface area contributed by atoms with Crippen molar-refractivity contribution < 1.29 is 24.3 Å². The van der Waals surface area contributed by atoms with Crippen molar-refractivity contribution in [3.05, 3.63) is 71.3 Å². The number of benzene rings is 1. The minimum atomic E-state index is -2.01. The number of aliphatic hydroxyl groups is 1. The molecule has 7 unspecified atom stereocenters. The largest absolute Gasteiger partial charge is 0.392 e. The molecule has 5 aliphatic rings. The fourth-order valence-corrected chi connectivity index (χ4v) is 9.82. The summed E-state index contributed by atoms with van der Waals surface area (Å²) in [4.78, 5) is 60.2. The molecule has 43 heavy (non-hydrogen) atoms. The van der Waals surface area contributed by atoms with Gasteiger partial charge in [-0.3, -0.25) is 19.2 Å². The molecule has 5 nitrogen and oxygen atoms in total. The average molecular weight is 585 g/mol. The van der Waals surface area contributed by atoms with Gasteiger partial charge >= 0.3 is 0 Å². The molecule has 0 aromatic heterocycles. The van der Waals surface area contributed by atoms with E-state index in [2.05, 4.69) is 26.5 Å². The number of hydrogen-bond acceptors (Lipinski definition) is 5. The second-order valence-electron chi connectivity index (χ2n) is 15.5. The van der Waals surface area contributed by atoms with Crippen LogP contribution in [0.4, 0.5) is 0 Å². The number of hydrogen-bond donors (Lipinski definition) is 1. The van der Waals surface area contributed by atoms with Crippen LogP contribution in [-0.4, -0.2) is 34.3 Å². The molecule has 0 amide bonds. The maximum atomic E-state index is 15.3. The first-order valence-electron chi connectivity index (χ1n) is 15.8. The van der Waals surface area contributed by atoms with Gasteiger partial charge in [0.25, 0.3) is 0 Å². The van der Waals surface area contributed by atoms with E-state index in [4.69, 9.17) is 0 Å². The molecule has 0 heterocycles. The molecule has 1 aromatic rings. The molecule has 0 radical (unpaired) electrons. The van der Waals surface area contributed by atoms with Crippen LogP contribution in [0.25, 0.3) is 0 Å². The van der Waals surface area contributed by atoms with Crippen molar-refractivity contribution in [3.8, 4) is 0 Å². The third-order valence-corrected chi connectivity index (χ3v) is 12.2. The van der Waals surface area contributed by atoms with Crippen molar-refractivity contribution in [2.75, 3.05) is 0 Å². The van der Waals surface area contributed by atoms with Gasteiger partial charge in [0.15, 0.2) is 28.5 Å². The van der Waals surface area contributed by atoms with Gasteiger partial charge in [-0.15, -0.1) is 0 Å². The van der Waals surface area contributed by atoms with Crippen LogP contribution in [-0.2, 0) is 14.4 Å². The smallest absolute Gasteiger partial charge is 0.184 e. The van der Waals surface area contributed by atoms with Gasteiger partial charge in [-0.1, -0.05) is 93.5 Å². The highest BCUT2D eigenvalue weighted by atomic mass is 16.3. The highest BCUT2D eigenvalue weighted by Gasteiger charge is 2.89. The van der Waals surface area contributed by atoms with Crippen molar-refractivity contribution in [3.63, 3.8) is 0 Å². The number of ketones is 4. The second kappa shape index (κ2) is 10.1. The molecule has 0 saturated heterocycles. The molecule has 5 saturated carbocycles. The summed E-state index contributed by atoms with van der Waals surface area (Å²) in [6.07, 6.45) is 5.41. The van der Waals surface area contributed by atoms with Crippen LogP contribution in [0.15, 0.2) is 65.8 Å². The molecular weight excluding hydrogens is 536 g/mol. The quantitative estimate of drug-likeness (QED) is 0.197. The van der Waals surface area contributed by atoms with Crippen LogP contribution in [0.3, 0.4) is 0 Å². The standard InChI is InChI=1S/C38H48O5/c1-22(2)14-13-15-24(5)18-19-36-20-27-28-30(40)34(6,7)26(23(3)4)21-37(28,31(36)41)33(43)38(32(36)42,35(27,8)9)29(39)25-16-11-10-12-17-25/h10-12,14,16-18,26-28,30,40H,3,13,15,19-21H2,1-2,4-9H3. The number of rotatable bonds is 8. The van der Waals surface area contributed by atoms with Crippen molar-refractivity contribution >= 4 is 23.1 Å². The van der Waals surface area contributed by atoms with Gasteiger partial charge in [0, 0.05) is 11.5 Å². The van der Waals surface area contributed by atoms with Gasteiger partial charge in [-0.05, 0) is 82.5 Å². The monoisotopic (exact) mass is 584 g/mol. The zero-order valence-electron chi connectivity index (χ0n) is 27.2. The van der Waals surface area contributed by atoms with Crippen LogP contribution in [0.1, 0.15) is 97.9 Å². The summed E-state index contributed by atoms with van der Waals surface area (Å²) in [5.41, 5.74) is -3.46. The van der Waals surface area contributed by atoms with Crippen molar-refractivity contribution in [2.24, 2.45) is 44.8 Å². The first-order valence-corrected chi connectivity index (χ1v) is 15.8. The molecule has 1 aromatic carbocycles. The first kappa shape index (κ1) is 31.5. The van der Waals surface area contributed by atoms with E-state index in [9.17, 15) is 9.90 Å². The summed E-state index contributed by atoms with van der Waals surface area (Å²) in [5, 5.41) is 12.1. The minimum Gasteiger partial charge on any atom is -0.392 e. The number of carbonyl (C=O) groups excluding carboxylic acids is 4. The van der Waals surface area contributed by atoms with Gasteiger partial charge in [0.2, 0.25) is 0 Å². The maximum Gasteiger partial charge on any atom is 0.184 e. The number of carbonyl (C=O) groups is 4. The zero-order valence-corrected chi connectivity index (χ0v) is 27.2. The van der Waals surface area contributed by atoms with Crippen LogP contribution < -0.4 is 0 Å². The van der Waals surface area contributed by atoms with E-state index in [1.165, 1.54) is 5.57 Å². The lowest BCUT2D eigenvalue weighted by Crippen LogP contribution is -2.86. The van der Waals surface area contributed by atoms with Crippen LogP contribution >= 0.6 is 0 Å². The normalized spacial score (nSPS) is 37.2. The Labute approximate surface area is 256 Å². The molecule has 230 valence electrons. The highest BCUT2D eigenvalue weighted by molar-refractivity contribution is 6.42. The number of Topliss-reactive ketones (excluding diaryl/α,β-unsaturated/α-hetero) is 4. The zero-order chi connectivity index (χ0) is 31.9. The number of allylic oxidation sites excluding steroid dienone is 5. The Morgan fingerprint density at radius 3 is 2.14 bits per heavy atom. The second-order valence-corrected chi connectivity index (χ2v) is 15.5. The molecule has 5 heteroatoms. The molecule has 1 spiro atoms. The van der Waals surface area contributed by atoms with E-state index in [1.807, 2.05) is 47.6 Å². The lowest BCUT2D eigenvalue weighted by molar-refractivity contribution is -0.245. The molecular formula is C38H48O5. The van der Waals surface area contributed by atoms with E-state index >= 15 is 14.4 Å². The Morgan fingerprint density at radius 1 is 0.930 bits per heavy atom. The van der Waals surface area contributed by atoms with Gasteiger partial charge in [0.05, 0.1) is 16.9 Å². The number of aliphatic hydroxyl groups excluding tert-OH is 1. The van der Waals surface area contributed by atoms with Crippen molar-refractivity contribution in [1.82, 2.24) is 0 Å².